The molecular formula is C9H9ClN2O. The van der Waals surface area contributed by atoms with E-state index in [4.69, 9.17) is 11.6 Å². The van der Waals surface area contributed by atoms with Crippen LogP contribution in [0.5, 0.6) is 0 Å². The summed E-state index contributed by atoms with van der Waals surface area (Å²) in [6, 6.07) is 5.15. The molecular weight excluding hydrogens is 188 g/mol. The van der Waals surface area contributed by atoms with Gasteiger partial charge >= 0.3 is 0 Å². The number of rotatable bonds is 2. The second kappa shape index (κ2) is 4.08. The minimum Gasteiger partial charge on any atom is -0.376 e. The molecule has 0 saturated carbocycles. The third-order valence-electron chi connectivity index (χ3n) is 1.59. The molecule has 1 aromatic rings. The van der Waals surface area contributed by atoms with Crippen LogP contribution in [-0.2, 0) is 4.79 Å². The van der Waals surface area contributed by atoms with Crippen molar-refractivity contribution >= 4 is 29.1 Å². The van der Waals surface area contributed by atoms with Crippen molar-refractivity contribution in [2.75, 3.05) is 19.0 Å². The van der Waals surface area contributed by atoms with Crippen LogP contribution in [0.3, 0.4) is 0 Å². The highest BCUT2D eigenvalue weighted by molar-refractivity contribution is 6.33. The molecule has 3 nitrogen and oxygen atoms in total. The van der Waals surface area contributed by atoms with Crippen LogP contribution in [0.25, 0.3) is 0 Å². The Morgan fingerprint density at radius 3 is 2.62 bits per heavy atom. The lowest BCUT2D eigenvalue weighted by Gasteiger charge is -2.13. The predicted molar refractivity (Wildman–Crippen MR) is 53.6 cm³/mol. The molecule has 4 heteroatoms. The Labute approximate surface area is 81.6 Å². The van der Waals surface area contributed by atoms with E-state index in [9.17, 15) is 4.79 Å². The molecule has 0 fully saturated rings. The van der Waals surface area contributed by atoms with Gasteiger partial charge in [0.2, 0.25) is 6.08 Å². The lowest BCUT2D eigenvalue weighted by molar-refractivity contribution is 0.565. The minimum atomic E-state index is 0.519. The van der Waals surface area contributed by atoms with Gasteiger partial charge in [0.25, 0.3) is 0 Å². The zero-order valence-corrected chi connectivity index (χ0v) is 8.17. The lowest BCUT2D eigenvalue weighted by atomic mass is 10.2. The van der Waals surface area contributed by atoms with Crippen molar-refractivity contribution in [1.82, 2.24) is 0 Å². The smallest absolute Gasteiger partial charge is 0.240 e. The topological polar surface area (TPSA) is 32.7 Å². The average Bonchev–Trinajstić information content (AvgIpc) is 2.04. The zero-order valence-electron chi connectivity index (χ0n) is 7.41. The summed E-state index contributed by atoms with van der Waals surface area (Å²) in [6.07, 6.45) is 1.46. The highest BCUT2D eigenvalue weighted by atomic mass is 35.5. The summed E-state index contributed by atoms with van der Waals surface area (Å²) < 4.78 is 0. The van der Waals surface area contributed by atoms with Crippen molar-refractivity contribution in [1.29, 1.82) is 0 Å². The Morgan fingerprint density at radius 1 is 1.46 bits per heavy atom. The number of hydrogen-bond donors (Lipinski definition) is 0. The van der Waals surface area contributed by atoms with Crippen molar-refractivity contribution in [3.8, 4) is 0 Å². The number of anilines is 1. The molecule has 0 unspecified atom stereocenters. The van der Waals surface area contributed by atoms with Crippen LogP contribution < -0.4 is 4.90 Å². The minimum absolute atomic E-state index is 0.519. The van der Waals surface area contributed by atoms with Crippen LogP contribution in [-0.4, -0.2) is 20.2 Å². The fourth-order valence-electron chi connectivity index (χ4n) is 0.981. The van der Waals surface area contributed by atoms with E-state index in [1.54, 1.807) is 18.2 Å². The van der Waals surface area contributed by atoms with Gasteiger partial charge < -0.3 is 4.90 Å². The van der Waals surface area contributed by atoms with Gasteiger partial charge in [0.05, 0.1) is 16.4 Å². The van der Waals surface area contributed by atoms with Gasteiger partial charge in [0.15, 0.2) is 0 Å². The van der Waals surface area contributed by atoms with Gasteiger partial charge in [0.1, 0.15) is 0 Å². The molecule has 0 saturated heterocycles. The Hall–Kier alpha value is -1.31. The monoisotopic (exact) mass is 196 g/mol. The number of aliphatic imine (C=N–C) groups is 1. The van der Waals surface area contributed by atoms with Crippen LogP contribution >= 0.6 is 11.6 Å². The Kier molecular flexibility index (Phi) is 3.07. The molecule has 0 spiro atoms. The molecule has 0 atom stereocenters. The molecule has 0 heterocycles. The molecule has 1 aromatic carbocycles. The van der Waals surface area contributed by atoms with Crippen molar-refractivity contribution < 1.29 is 4.79 Å². The van der Waals surface area contributed by atoms with E-state index in [2.05, 4.69) is 4.99 Å². The van der Waals surface area contributed by atoms with E-state index >= 15 is 0 Å². The van der Waals surface area contributed by atoms with Crippen LogP contribution in [0.15, 0.2) is 23.2 Å². The van der Waals surface area contributed by atoms with E-state index < -0.39 is 0 Å². The Morgan fingerprint density at radius 2 is 2.15 bits per heavy atom. The first kappa shape index (κ1) is 9.78. The molecule has 0 radical (unpaired) electrons. The van der Waals surface area contributed by atoms with Gasteiger partial charge in [0, 0.05) is 14.1 Å². The number of isocyanates is 1. The molecule has 0 aliphatic carbocycles. The second-order valence-electron chi connectivity index (χ2n) is 2.73. The maximum absolute atomic E-state index is 9.96. The molecule has 0 N–H and O–H groups in total. The Bertz CT molecular complexity index is 357. The summed E-state index contributed by atoms with van der Waals surface area (Å²) >= 11 is 5.93. The summed E-state index contributed by atoms with van der Waals surface area (Å²) in [4.78, 5) is 15.3. The first-order chi connectivity index (χ1) is 6.15. The first-order valence-electron chi connectivity index (χ1n) is 3.70. The second-order valence-corrected chi connectivity index (χ2v) is 3.14. The largest absolute Gasteiger partial charge is 0.376 e. The molecule has 1 rings (SSSR count). The van der Waals surface area contributed by atoms with Crippen molar-refractivity contribution in [3.05, 3.63) is 23.2 Å². The van der Waals surface area contributed by atoms with Crippen molar-refractivity contribution in [2.45, 2.75) is 0 Å². The molecule has 0 aromatic heterocycles. The molecule has 0 bridgehead atoms. The Balaban J connectivity index is 3.12. The van der Waals surface area contributed by atoms with Crippen molar-refractivity contribution in [2.24, 2.45) is 4.99 Å². The summed E-state index contributed by atoms with van der Waals surface area (Å²) in [7, 11) is 3.79. The average molecular weight is 197 g/mol. The lowest BCUT2D eigenvalue weighted by Crippen LogP contribution is -2.08. The summed E-state index contributed by atoms with van der Waals surface area (Å²) in [5.41, 5.74) is 1.41. The highest BCUT2D eigenvalue weighted by Gasteiger charge is 2.02. The SMILES string of the molecule is CN(C)c1ccc(N=C=O)cc1Cl. The van der Waals surface area contributed by atoms with Crippen LogP contribution in [0.1, 0.15) is 0 Å². The molecule has 0 aliphatic rings. The van der Waals surface area contributed by atoms with Gasteiger partial charge in [-0.15, -0.1) is 0 Å². The van der Waals surface area contributed by atoms with Crippen LogP contribution in [0.2, 0.25) is 5.02 Å². The normalized spacial score (nSPS) is 9.15. The van der Waals surface area contributed by atoms with Gasteiger partial charge in [-0.3, -0.25) is 0 Å². The van der Waals surface area contributed by atoms with E-state index in [-0.39, 0.29) is 0 Å². The molecule has 13 heavy (non-hydrogen) atoms. The fourth-order valence-corrected chi connectivity index (χ4v) is 1.32. The number of hydrogen-bond acceptors (Lipinski definition) is 3. The van der Waals surface area contributed by atoms with E-state index in [0.717, 1.165) is 5.69 Å². The van der Waals surface area contributed by atoms with Gasteiger partial charge in [-0.2, -0.15) is 4.99 Å². The molecule has 0 amide bonds. The number of carbonyl (C=O) groups excluding carboxylic acids is 1. The quantitative estimate of drug-likeness (QED) is 0.538. The van der Waals surface area contributed by atoms with E-state index in [1.165, 1.54) is 6.08 Å². The summed E-state index contributed by atoms with van der Waals surface area (Å²) in [5.74, 6) is 0. The van der Waals surface area contributed by atoms with Crippen molar-refractivity contribution in [3.63, 3.8) is 0 Å². The standard InChI is InChI=1S/C9H9ClN2O/c1-12(2)9-4-3-7(11-6-13)5-8(9)10/h3-5H,1-2H3. The van der Waals surface area contributed by atoms with Gasteiger partial charge in [-0.1, -0.05) is 11.6 Å². The van der Waals surface area contributed by atoms with Gasteiger partial charge in [-0.05, 0) is 18.2 Å². The molecule has 0 aliphatic heterocycles. The van der Waals surface area contributed by atoms with Crippen LogP contribution in [0, 0.1) is 0 Å². The third kappa shape index (κ3) is 2.31. The number of halogens is 1. The first-order valence-corrected chi connectivity index (χ1v) is 4.07. The maximum Gasteiger partial charge on any atom is 0.240 e. The van der Waals surface area contributed by atoms with Crippen LogP contribution in [0.4, 0.5) is 11.4 Å². The van der Waals surface area contributed by atoms with Gasteiger partial charge in [-0.25, -0.2) is 4.79 Å². The predicted octanol–water partition coefficient (Wildman–Crippen LogP) is 2.37. The highest BCUT2D eigenvalue weighted by Crippen LogP contribution is 2.28. The zero-order chi connectivity index (χ0) is 9.84. The summed E-state index contributed by atoms with van der Waals surface area (Å²) in [6.45, 7) is 0. The number of benzene rings is 1. The van der Waals surface area contributed by atoms with E-state index in [0.29, 0.717) is 10.7 Å². The molecule has 68 valence electrons. The number of nitrogens with zero attached hydrogens (tertiary/aromatic N) is 2. The fraction of sp³-hybridized carbons (Fsp3) is 0.222. The third-order valence-corrected chi connectivity index (χ3v) is 1.89. The van der Waals surface area contributed by atoms with E-state index in [1.807, 2.05) is 19.0 Å². The maximum atomic E-state index is 9.96. The summed E-state index contributed by atoms with van der Waals surface area (Å²) in [5, 5.41) is 0.571.